The minimum atomic E-state index is -4.44. The molecule has 3 aliphatic heterocycles. The fourth-order valence-corrected chi connectivity index (χ4v) is 8.98. The SMILES string of the molecule is Nc1nc2c(ncn2[C@@H]2O[C@@H]3COP(O)(=S)OC4[C@@H](O)[C@@H](COP(=O)(S)OC3[C@@H]2F)O[C@H]4n2c(Cl)nc3cc(Cl)c(Cl)cc32)c(=O)[nH]1. The number of imidazole rings is 2. The lowest BCUT2D eigenvalue weighted by Crippen LogP contribution is -2.35. The highest BCUT2D eigenvalue weighted by molar-refractivity contribution is 8.44. The predicted molar refractivity (Wildman–Crippen MR) is 171 cm³/mol. The van der Waals surface area contributed by atoms with Crippen LogP contribution in [0.1, 0.15) is 12.5 Å². The van der Waals surface area contributed by atoms with Crippen LogP contribution in [0.4, 0.5) is 10.3 Å². The van der Waals surface area contributed by atoms with E-state index in [1.165, 1.54) is 16.7 Å². The average molecular weight is 795 g/mol. The minimum Gasteiger partial charge on any atom is -0.387 e. The Morgan fingerprint density at radius 1 is 1.09 bits per heavy atom. The number of nitrogens with one attached hydrogen (secondary N) is 1. The van der Waals surface area contributed by atoms with E-state index in [1.54, 1.807) is 0 Å². The Kier molecular flexibility index (Phi) is 8.97. The Morgan fingerprint density at radius 2 is 1.79 bits per heavy atom. The molecular weight excluding hydrogens is 774 g/mol. The maximum absolute atomic E-state index is 16.1. The van der Waals surface area contributed by atoms with Gasteiger partial charge in [0.15, 0.2) is 29.8 Å². The van der Waals surface area contributed by atoms with E-state index >= 15 is 4.39 Å². The number of aromatic nitrogens is 6. The summed E-state index contributed by atoms with van der Waals surface area (Å²) in [6, 6.07) is 2.92. The first-order chi connectivity index (χ1) is 22.1. The van der Waals surface area contributed by atoms with E-state index in [-0.39, 0.29) is 32.4 Å². The second-order valence-corrected chi connectivity index (χ2v) is 17.3. The number of benzene rings is 1. The topological polar surface area (TPSA) is 220 Å². The van der Waals surface area contributed by atoms with Crippen LogP contribution in [-0.2, 0) is 43.9 Å². The Bertz CT molecular complexity index is 2060. The van der Waals surface area contributed by atoms with Crippen molar-refractivity contribution in [2.24, 2.45) is 0 Å². The van der Waals surface area contributed by atoms with Gasteiger partial charge in [-0.3, -0.25) is 32.5 Å². The molecule has 0 saturated carbocycles. The summed E-state index contributed by atoms with van der Waals surface area (Å²) < 4.78 is 66.0. The van der Waals surface area contributed by atoms with Crippen molar-refractivity contribution in [3.05, 3.63) is 44.1 Å². The van der Waals surface area contributed by atoms with Crippen LogP contribution in [-0.4, -0.2) is 89.0 Å². The summed E-state index contributed by atoms with van der Waals surface area (Å²) in [4.78, 5) is 37.9. The number of thiol groups is 1. The molecule has 0 radical (unpaired) electrons. The molecule has 0 spiro atoms. The number of aliphatic hydroxyl groups is 1. The number of nitrogens with zero attached hydrogens (tertiary/aromatic N) is 5. The molecule has 2 bridgehead atoms. The second-order valence-electron chi connectivity index (χ2n) is 10.5. The fraction of sp³-hybridized carbons (Fsp3) is 0.455. The normalized spacial score (nSPS) is 36.7. The number of ether oxygens (including phenoxy) is 2. The lowest BCUT2D eigenvalue weighted by Gasteiger charge is -2.28. The standard InChI is InChI=1S/C22H21Cl3FN7O10P2S2/c23-6-1-8-9(2-7(6)24)33(21(25)29-8)20-16-14(34)10(40-20)3-38-44(36,46)42-15-11(4-39-45(37,47)43-16)41-19(12(15)26)32-5-28-13-17(32)30-22(27)31-18(13)35/h1-2,5,10-12,14-16,19-20,34H,3-4H2,(H,36,46)(H,37,47)(H3,27,30,31,35)/t10-,11-,12+,14+,15?,16?,19-,20-,44?,45?/m1/s1. The summed E-state index contributed by atoms with van der Waals surface area (Å²) in [5, 5.41) is 11.5. The van der Waals surface area contributed by atoms with Crippen molar-refractivity contribution in [1.82, 2.24) is 29.1 Å². The van der Waals surface area contributed by atoms with Gasteiger partial charge in [-0.05, 0) is 35.5 Å². The molecule has 4 aromatic rings. The highest BCUT2D eigenvalue weighted by Crippen LogP contribution is 2.58. The van der Waals surface area contributed by atoms with Crippen LogP contribution in [0.5, 0.6) is 0 Å². The minimum absolute atomic E-state index is 0.113. The van der Waals surface area contributed by atoms with Crippen LogP contribution < -0.4 is 11.3 Å². The number of H-pyrrole nitrogens is 1. The van der Waals surface area contributed by atoms with Gasteiger partial charge in [-0.25, -0.2) is 18.9 Å². The van der Waals surface area contributed by atoms with Crippen molar-refractivity contribution in [3.8, 4) is 0 Å². The highest BCUT2D eigenvalue weighted by Gasteiger charge is 2.53. The molecule has 3 fully saturated rings. The maximum Gasteiger partial charge on any atom is 0.386 e. The molecule has 3 aliphatic rings. The zero-order valence-electron chi connectivity index (χ0n) is 23.0. The molecule has 47 heavy (non-hydrogen) atoms. The van der Waals surface area contributed by atoms with E-state index in [0.717, 1.165) is 10.9 Å². The van der Waals surface area contributed by atoms with Gasteiger partial charge in [-0.15, -0.1) is 0 Å². The molecule has 7 rings (SSSR count). The van der Waals surface area contributed by atoms with Crippen LogP contribution in [0.15, 0.2) is 23.3 Å². The number of rotatable bonds is 2. The summed E-state index contributed by atoms with van der Waals surface area (Å²) in [5.41, 5.74) is 5.35. The number of hydrogen-bond acceptors (Lipinski definition) is 14. The fourth-order valence-electron chi connectivity index (χ4n) is 5.49. The Labute approximate surface area is 287 Å². The molecular formula is C22H21Cl3FN7O10P2S2. The Morgan fingerprint density at radius 3 is 2.55 bits per heavy atom. The third-order valence-corrected chi connectivity index (χ3v) is 11.7. The molecule has 10 atom stereocenters. The number of nitrogens with two attached hydrogens (primary N) is 1. The largest absolute Gasteiger partial charge is 0.387 e. The number of hydrogen-bond donors (Lipinski definition) is 5. The van der Waals surface area contributed by atoms with Crippen molar-refractivity contribution < 1.29 is 46.5 Å². The lowest BCUT2D eigenvalue weighted by molar-refractivity contribution is -0.0585. The summed E-state index contributed by atoms with van der Waals surface area (Å²) in [6.07, 6.45) is -11.4. The molecule has 25 heteroatoms. The first kappa shape index (κ1) is 34.0. The smallest absolute Gasteiger partial charge is 0.386 e. The average Bonchev–Trinajstić information content (AvgIpc) is 3.70. The van der Waals surface area contributed by atoms with Gasteiger partial charge in [0.05, 0.1) is 40.6 Å². The molecule has 1 aromatic carbocycles. The van der Waals surface area contributed by atoms with Crippen molar-refractivity contribution in [2.45, 2.75) is 49.1 Å². The Balaban J connectivity index is 1.22. The van der Waals surface area contributed by atoms with Crippen LogP contribution >= 0.6 is 60.6 Å². The van der Waals surface area contributed by atoms with Crippen molar-refractivity contribution in [3.63, 3.8) is 0 Å². The first-order valence-corrected chi connectivity index (χ1v) is 19.7. The van der Waals surface area contributed by atoms with E-state index in [2.05, 4.69) is 32.2 Å². The quantitative estimate of drug-likeness (QED) is 0.145. The molecule has 3 saturated heterocycles. The van der Waals surface area contributed by atoms with E-state index in [9.17, 15) is 19.4 Å². The zero-order chi connectivity index (χ0) is 33.6. The molecule has 6 heterocycles. The molecule has 0 aliphatic carbocycles. The van der Waals surface area contributed by atoms with Gasteiger partial charge in [0, 0.05) is 0 Å². The van der Waals surface area contributed by atoms with Gasteiger partial charge in [-0.2, -0.15) is 4.98 Å². The summed E-state index contributed by atoms with van der Waals surface area (Å²) in [7, 11) is 0. The number of alkyl halides is 1. The van der Waals surface area contributed by atoms with E-state index < -0.39 is 81.4 Å². The van der Waals surface area contributed by atoms with E-state index in [0.29, 0.717) is 11.0 Å². The molecule has 0 amide bonds. The third-order valence-electron chi connectivity index (χ3n) is 7.56. The van der Waals surface area contributed by atoms with E-state index in [4.69, 9.17) is 79.9 Å². The van der Waals surface area contributed by atoms with Crippen molar-refractivity contribution in [2.75, 3.05) is 18.9 Å². The number of nitrogen functional groups attached to an aromatic ring is 1. The van der Waals surface area contributed by atoms with Gasteiger partial charge in [0.25, 0.3) is 5.56 Å². The number of anilines is 1. The van der Waals surface area contributed by atoms with Crippen molar-refractivity contribution in [1.29, 1.82) is 0 Å². The maximum atomic E-state index is 16.1. The highest BCUT2D eigenvalue weighted by atomic mass is 35.5. The monoisotopic (exact) mass is 793 g/mol. The van der Waals surface area contributed by atoms with Crippen LogP contribution in [0, 0.1) is 0 Å². The van der Waals surface area contributed by atoms with Gasteiger partial charge >= 0.3 is 13.5 Å². The van der Waals surface area contributed by atoms with Gasteiger partial charge in [0.1, 0.15) is 30.5 Å². The van der Waals surface area contributed by atoms with Crippen LogP contribution in [0.3, 0.4) is 0 Å². The Hall–Kier alpha value is -1.45. The van der Waals surface area contributed by atoms with E-state index in [1.807, 2.05) is 0 Å². The van der Waals surface area contributed by atoms with Gasteiger partial charge in [0.2, 0.25) is 11.2 Å². The lowest BCUT2D eigenvalue weighted by atomic mass is 10.1. The summed E-state index contributed by atoms with van der Waals surface area (Å²) in [5.74, 6) is -0.264. The number of aliphatic hydroxyl groups excluding tert-OH is 1. The van der Waals surface area contributed by atoms with Gasteiger partial charge in [-0.1, -0.05) is 35.5 Å². The third kappa shape index (κ3) is 6.26. The van der Waals surface area contributed by atoms with Gasteiger partial charge < -0.3 is 29.7 Å². The first-order valence-electron chi connectivity index (χ1n) is 13.3. The number of halogens is 4. The molecule has 17 nitrogen and oxygen atoms in total. The number of fused-ring (bicyclic) bond motifs is 5. The summed E-state index contributed by atoms with van der Waals surface area (Å²) >= 11 is 28.1. The molecule has 254 valence electrons. The predicted octanol–water partition coefficient (Wildman–Crippen LogP) is 3.28. The number of aromatic amines is 1. The second kappa shape index (κ2) is 12.4. The molecule has 4 unspecified atom stereocenters. The molecule has 3 aromatic heterocycles. The van der Waals surface area contributed by atoms with Crippen LogP contribution in [0.25, 0.3) is 22.2 Å². The summed E-state index contributed by atoms with van der Waals surface area (Å²) in [6.45, 7) is -10.1. The van der Waals surface area contributed by atoms with Crippen LogP contribution in [0.2, 0.25) is 15.3 Å². The molecule has 5 N–H and O–H groups in total. The van der Waals surface area contributed by atoms with Crippen molar-refractivity contribution >= 4 is 101 Å². The zero-order valence-corrected chi connectivity index (χ0v) is 28.8.